The van der Waals surface area contributed by atoms with Crippen molar-refractivity contribution in [2.45, 2.75) is 33.2 Å². The van der Waals surface area contributed by atoms with Gasteiger partial charge in [-0.05, 0) is 26.0 Å². The highest BCUT2D eigenvalue weighted by Gasteiger charge is 2.23. The number of ether oxygens (including phenoxy) is 1. The molecule has 1 amide bonds. The maximum absolute atomic E-state index is 14.8. The molecule has 35 heavy (non-hydrogen) atoms. The summed E-state index contributed by atoms with van der Waals surface area (Å²) in [7, 11) is 1.60. The number of nitrogens with zero attached hydrogens (tertiary/aromatic N) is 3. The average Bonchev–Trinajstić information content (AvgIpc) is 2.83. The van der Waals surface area contributed by atoms with Gasteiger partial charge < -0.3 is 19.9 Å². The average molecular weight is 487 g/mol. The molecule has 4 rings (SSSR count). The quantitative estimate of drug-likeness (QED) is 0.501. The van der Waals surface area contributed by atoms with Gasteiger partial charge in [0.05, 0.1) is 29.9 Å². The first kappa shape index (κ1) is 24.6. The predicted octanol–water partition coefficient (Wildman–Crippen LogP) is 5.47. The van der Waals surface area contributed by atoms with Gasteiger partial charge in [-0.25, -0.2) is 13.2 Å². The Labute approximate surface area is 202 Å². The third-order valence-corrected chi connectivity index (χ3v) is 6.44. The summed E-state index contributed by atoms with van der Waals surface area (Å²) in [5.41, 5.74) is 2.59. The Hall–Kier alpha value is -3.49. The highest BCUT2D eigenvalue weighted by Crippen LogP contribution is 2.38. The van der Waals surface area contributed by atoms with E-state index in [1.165, 1.54) is 12.1 Å². The molecule has 6 nitrogen and oxygen atoms in total. The number of aryl methyl sites for hydroxylation is 1. The van der Waals surface area contributed by atoms with Crippen LogP contribution in [0.2, 0.25) is 0 Å². The number of pyridine rings is 1. The van der Waals surface area contributed by atoms with Crippen molar-refractivity contribution in [2.24, 2.45) is 0 Å². The molecule has 186 valence electrons. The number of rotatable bonds is 6. The van der Waals surface area contributed by atoms with Crippen LogP contribution in [-0.2, 0) is 4.79 Å². The van der Waals surface area contributed by atoms with E-state index in [-0.39, 0.29) is 11.5 Å². The largest absolute Gasteiger partial charge is 0.495 e. The molecule has 0 aliphatic carbocycles. The maximum atomic E-state index is 14.8. The third kappa shape index (κ3) is 4.99. The van der Waals surface area contributed by atoms with Crippen LogP contribution in [0.1, 0.15) is 43.1 Å². The molecule has 0 spiro atoms. The van der Waals surface area contributed by atoms with Crippen molar-refractivity contribution >= 4 is 28.2 Å². The van der Waals surface area contributed by atoms with Crippen LogP contribution < -0.4 is 15.0 Å². The lowest BCUT2D eigenvalue weighted by atomic mass is 10.0. The molecule has 1 atom stereocenters. The summed E-state index contributed by atoms with van der Waals surface area (Å²) in [5, 5.41) is 4.10. The number of benzene rings is 2. The van der Waals surface area contributed by atoms with Crippen molar-refractivity contribution in [3.8, 4) is 5.75 Å². The zero-order valence-electron chi connectivity index (χ0n) is 20.2. The Bertz CT molecular complexity index is 1240. The molecule has 0 saturated carbocycles. The predicted molar refractivity (Wildman–Crippen MR) is 131 cm³/mol. The van der Waals surface area contributed by atoms with Gasteiger partial charge in [-0.1, -0.05) is 18.2 Å². The second-order valence-electron chi connectivity index (χ2n) is 8.76. The zero-order valence-corrected chi connectivity index (χ0v) is 20.2. The fraction of sp³-hybridized carbons (Fsp3) is 0.385. The zero-order chi connectivity index (χ0) is 25.3. The molecule has 0 unspecified atom stereocenters. The molecule has 1 N–H and O–H groups in total. The van der Waals surface area contributed by atoms with Crippen LogP contribution in [0.4, 0.5) is 24.5 Å². The third-order valence-electron chi connectivity index (χ3n) is 6.44. The van der Waals surface area contributed by atoms with Gasteiger partial charge in [-0.15, -0.1) is 0 Å². The first-order valence-electron chi connectivity index (χ1n) is 11.5. The van der Waals surface area contributed by atoms with Crippen molar-refractivity contribution in [2.75, 3.05) is 43.5 Å². The van der Waals surface area contributed by atoms with Crippen LogP contribution >= 0.6 is 0 Å². The summed E-state index contributed by atoms with van der Waals surface area (Å²) in [6, 6.07) is 9.19. The molecule has 1 fully saturated rings. The molecule has 2 heterocycles. The molecule has 0 bridgehead atoms. The Morgan fingerprint density at radius 2 is 1.80 bits per heavy atom. The minimum Gasteiger partial charge on any atom is -0.495 e. The van der Waals surface area contributed by atoms with Crippen LogP contribution in [0.15, 0.2) is 36.4 Å². The number of nitrogens with one attached hydrogen (secondary N) is 1. The number of halogens is 3. The molecule has 0 radical (unpaired) electrons. The number of hydrogen-bond donors (Lipinski definition) is 1. The van der Waals surface area contributed by atoms with Gasteiger partial charge in [0.1, 0.15) is 11.6 Å². The van der Waals surface area contributed by atoms with Gasteiger partial charge in [-0.3, -0.25) is 9.78 Å². The van der Waals surface area contributed by atoms with Crippen LogP contribution in [0, 0.1) is 12.7 Å². The number of piperazine rings is 1. The number of fused-ring (bicyclic) bond motifs is 1. The van der Waals surface area contributed by atoms with Gasteiger partial charge in [-0.2, -0.15) is 0 Å². The van der Waals surface area contributed by atoms with Gasteiger partial charge in [0, 0.05) is 61.5 Å². The summed E-state index contributed by atoms with van der Waals surface area (Å²) >= 11 is 0. The van der Waals surface area contributed by atoms with E-state index < -0.39 is 23.8 Å². The van der Waals surface area contributed by atoms with E-state index in [9.17, 15) is 18.0 Å². The summed E-state index contributed by atoms with van der Waals surface area (Å²) in [6.07, 6.45) is -2.88. The van der Waals surface area contributed by atoms with Gasteiger partial charge in [0.15, 0.2) is 0 Å². The van der Waals surface area contributed by atoms with Crippen molar-refractivity contribution in [3.63, 3.8) is 0 Å². The van der Waals surface area contributed by atoms with Crippen molar-refractivity contribution in [1.82, 2.24) is 9.88 Å². The summed E-state index contributed by atoms with van der Waals surface area (Å²) in [6.45, 7) is 7.71. The molecular weight excluding hydrogens is 457 g/mol. The van der Waals surface area contributed by atoms with Crippen LogP contribution in [0.25, 0.3) is 10.9 Å². The normalized spacial score (nSPS) is 15.0. The molecule has 1 aromatic heterocycles. The number of alkyl halides is 2. The number of amides is 1. The highest BCUT2D eigenvalue weighted by atomic mass is 19.3. The first-order valence-corrected chi connectivity index (χ1v) is 11.5. The lowest BCUT2D eigenvalue weighted by Crippen LogP contribution is -2.48. The fourth-order valence-electron chi connectivity index (χ4n) is 4.55. The smallest absolute Gasteiger partial charge is 0.266 e. The molecular formula is C26H29F3N4O2. The molecule has 1 saturated heterocycles. The van der Waals surface area contributed by atoms with E-state index in [4.69, 9.17) is 4.74 Å². The minimum atomic E-state index is -2.88. The number of hydrogen-bond acceptors (Lipinski definition) is 5. The standard InChI is InChI=1S/C26H29F3N4O2/c1-15-12-21(31-16(2)18-6-5-7-19(25(18)27)26(28)29)20-13-23(24(35-4)14-22(20)30-15)33-10-8-32(9-11-33)17(3)34/h5-7,12-14,16,26H,8-11H2,1-4H3,(H,30,31)/t16-/m1/s1. The fourth-order valence-corrected chi connectivity index (χ4v) is 4.55. The Morgan fingerprint density at radius 1 is 1.11 bits per heavy atom. The molecule has 1 aliphatic heterocycles. The topological polar surface area (TPSA) is 57.7 Å². The Balaban J connectivity index is 1.71. The summed E-state index contributed by atoms with van der Waals surface area (Å²) < 4.78 is 46.9. The molecule has 1 aliphatic rings. The second kappa shape index (κ2) is 10.0. The monoisotopic (exact) mass is 486 g/mol. The van der Waals surface area contributed by atoms with Crippen molar-refractivity contribution in [1.29, 1.82) is 0 Å². The van der Waals surface area contributed by atoms with Crippen molar-refractivity contribution < 1.29 is 22.7 Å². The Morgan fingerprint density at radius 3 is 2.43 bits per heavy atom. The minimum absolute atomic E-state index is 0.0541. The van der Waals surface area contributed by atoms with E-state index >= 15 is 0 Å². The van der Waals surface area contributed by atoms with E-state index in [2.05, 4.69) is 15.2 Å². The number of aromatic nitrogens is 1. The first-order chi connectivity index (χ1) is 16.7. The lowest BCUT2D eigenvalue weighted by Gasteiger charge is -2.36. The number of carbonyl (C=O) groups excluding carboxylic acids is 1. The van der Waals surface area contributed by atoms with E-state index in [1.54, 1.807) is 21.0 Å². The number of carbonyl (C=O) groups is 1. The van der Waals surface area contributed by atoms with Crippen LogP contribution in [-0.4, -0.2) is 49.1 Å². The van der Waals surface area contributed by atoms with E-state index in [1.807, 2.05) is 30.0 Å². The number of anilines is 2. The van der Waals surface area contributed by atoms with Crippen LogP contribution in [0.5, 0.6) is 5.75 Å². The van der Waals surface area contributed by atoms with Gasteiger partial charge >= 0.3 is 0 Å². The second-order valence-corrected chi connectivity index (χ2v) is 8.76. The number of methoxy groups -OCH3 is 1. The van der Waals surface area contributed by atoms with Gasteiger partial charge in [0.25, 0.3) is 6.43 Å². The summed E-state index contributed by atoms with van der Waals surface area (Å²) in [4.78, 5) is 20.3. The van der Waals surface area contributed by atoms with Crippen LogP contribution in [0.3, 0.4) is 0 Å². The summed E-state index contributed by atoms with van der Waals surface area (Å²) in [5.74, 6) is -0.178. The highest BCUT2D eigenvalue weighted by molar-refractivity contribution is 5.96. The van der Waals surface area contributed by atoms with Gasteiger partial charge in [0.2, 0.25) is 5.91 Å². The maximum Gasteiger partial charge on any atom is 0.266 e. The molecule has 2 aromatic carbocycles. The SMILES string of the molecule is COc1cc2nc(C)cc(N[C@H](C)c3cccc(C(F)F)c3F)c2cc1N1CCN(C(C)=O)CC1. The van der Waals surface area contributed by atoms with Crippen molar-refractivity contribution in [3.05, 3.63) is 59.0 Å². The lowest BCUT2D eigenvalue weighted by molar-refractivity contribution is -0.129. The van der Waals surface area contributed by atoms with E-state index in [0.29, 0.717) is 43.1 Å². The Kier molecular flexibility index (Phi) is 7.05. The van der Waals surface area contributed by atoms with E-state index in [0.717, 1.165) is 22.8 Å². The molecule has 9 heteroatoms. The molecule has 3 aromatic rings.